The second-order valence-electron chi connectivity index (χ2n) is 8.99. The van der Waals surface area contributed by atoms with E-state index in [-0.39, 0.29) is 20.1 Å². The monoisotopic (exact) mass is 680 g/mol. The normalized spacial score (nSPS) is 10.5. The van der Waals surface area contributed by atoms with Gasteiger partial charge < -0.3 is 14.5 Å². The van der Waals surface area contributed by atoms with E-state index in [9.17, 15) is 0 Å². The number of pyridine rings is 2. The summed E-state index contributed by atoms with van der Waals surface area (Å²) in [5.41, 5.74) is 8.53. The molecule has 0 saturated carbocycles. The number of hydrogen-bond donors (Lipinski definition) is 0. The number of nitrogens with zero attached hydrogens (tertiary/aromatic N) is 3. The molecule has 1 radical (unpaired) electrons. The second kappa shape index (κ2) is 12.0. The zero-order valence-corrected chi connectivity index (χ0v) is 23.8. The first kappa shape index (κ1) is 26.2. The molecule has 3 aromatic heterocycles. The SMILES string of the molecule is Cc1cccc(-c2[c-]ccc(-n3c4ccccc4c4ccccc43)c2)n1.[Ir].[c-]1ccccc1-c1ccccn1. The van der Waals surface area contributed by atoms with Gasteiger partial charge in [0.25, 0.3) is 0 Å². The fourth-order valence-electron chi connectivity index (χ4n) is 4.71. The summed E-state index contributed by atoms with van der Waals surface area (Å²) >= 11 is 0. The van der Waals surface area contributed by atoms with Crippen molar-refractivity contribution < 1.29 is 20.1 Å². The molecular formula is C35H25IrN3-2. The fourth-order valence-corrected chi connectivity index (χ4v) is 4.71. The summed E-state index contributed by atoms with van der Waals surface area (Å²) < 4.78 is 2.32. The van der Waals surface area contributed by atoms with Crippen LogP contribution in [0.25, 0.3) is 50.0 Å². The Morgan fingerprint density at radius 3 is 1.92 bits per heavy atom. The molecule has 0 fully saturated rings. The van der Waals surface area contributed by atoms with Crippen LogP contribution in [0.2, 0.25) is 0 Å². The Labute approximate surface area is 242 Å². The van der Waals surface area contributed by atoms with Crippen molar-refractivity contribution in [3.05, 3.63) is 151 Å². The van der Waals surface area contributed by atoms with Crippen LogP contribution in [0.15, 0.2) is 134 Å². The summed E-state index contributed by atoms with van der Waals surface area (Å²) in [4.78, 5) is 8.87. The van der Waals surface area contributed by atoms with Crippen LogP contribution in [0.4, 0.5) is 0 Å². The van der Waals surface area contributed by atoms with Crippen LogP contribution in [0.5, 0.6) is 0 Å². The summed E-state index contributed by atoms with van der Waals surface area (Å²) in [6.07, 6.45) is 1.79. The molecule has 0 unspecified atom stereocenters. The number of aromatic nitrogens is 3. The molecule has 0 aliphatic heterocycles. The molecule has 0 saturated heterocycles. The van der Waals surface area contributed by atoms with Crippen molar-refractivity contribution in [2.45, 2.75) is 6.92 Å². The largest absolute Gasteiger partial charge is 0.327 e. The first-order valence-electron chi connectivity index (χ1n) is 12.6. The fraction of sp³-hybridized carbons (Fsp3) is 0.0286. The molecule has 191 valence electrons. The molecule has 0 spiro atoms. The quantitative estimate of drug-likeness (QED) is 0.176. The van der Waals surface area contributed by atoms with E-state index in [0.29, 0.717) is 0 Å². The molecule has 4 aromatic carbocycles. The van der Waals surface area contributed by atoms with E-state index < -0.39 is 0 Å². The van der Waals surface area contributed by atoms with Crippen molar-refractivity contribution in [3.63, 3.8) is 0 Å². The third-order valence-corrected chi connectivity index (χ3v) is 6.44. The van der Waals surface area contributed by atoms with Crippen molar-refractivity contribution in [2.75, 3.05) is 0 Å². The third kappa shape index (κ3) is 5.58. The maximum atomic E-state index is 4.65. The van der Waals surface area contributed by atoms with Crippen LogP contribution < -0.4 is 0 Å². The minimum atomic E-state index is 0. The van der Waals surface area contributed by atoms with E-state index >= 15 is 0 Å². The Bertz CT molecular complexity index is 1740. The summed E-state index contributed by atoms with van der Waals surface area (Å²) in [5.74, 6) is 0. The minimum Gasteiger partial charge on any atom is -0.327 e. The average molecular weight is 680 g/mol. The molecular weight excluding hydrogens is 655 g/mol. The maximum Gasteiger partial charge on any atom is 0.0523 e. The van der Waals surface area contributed by atoms with E-state index in [1.165, 1.54) is 21.8 Å². The van der Waals surface area contributed by atoms with Gasteiger partial charge in [-0.15, -0.1) is 65.7 Å². The van der Waals surface area contributed by atoms with Gasteiger partial charge in [0.1, 0.15) is 0 Å². The maximum absolute atomic E-state index is 4.65. The van der Waals surface area contributed by atoms with Gasteiger partial charge in [-0.25, -0.2) is 0 Å². The average Bonchev–Trinajstić information content (AvgIpc) is 3.33. The van der Waals surface area contributed by atoms with Crippen LogP contribution in [0.3, 0.4) is 0 Å². The van der Waals surface area contributed by atoms with Gasteiger partial charge in [-0.05, 0) is 48.3 Å². The molecule has 4 heteroatoms. The second-order valence-corrected chi connectivity index (χ2v) is 8.99. The molecule has 0 bridgehead atoms. The van der Waals surface area contributed by atoms with Crippen LogP contribution in [-0.2, 0) is 20.1 Å². The molecule has 7 rings (SSSR count). The van der Waals surface area contributed by atoms with E-state index in [1.54, 1.807) is 6.20 Å². The van der Waals surface area contributed by atoms with Gasteiger partial charge in [-0.1, -0.05) is 60.7 Å². The molecule has 7 aromatic rings. The van der Waals surface area contributed by atoms with Crippen LogP contribution in [0.1, 0.15) is 5.69 Å². The number of hydrogen-bond acceptors (Lipinski definition) is 2. The minimum absolute atomic E-state index is 0. The molecule has 0 aliphatic rings. The van der Waals surface area contributed by atoms with Crippen molar-refractivity contribution >= 4 is 21.8 Å². The van der Waals surface area contributed by atoms with Gasteiger partial charge in [0.15, 0.2) is 0 Å². The summed E-state index contributed by atoms with van der Waals surface area (Å²) in [5, 5.41) is 2.54. The number of para-hydroxylation sites is 2. The first-order valence-corrected chi connectivity index (χ1v) is 12.6. The van der Waals surface area contributed by atoms with Crippen molar-refractivity contribution in [3.8, 4) is 28.2 Å². The summed E-state index contributed by atoms with van der Waals surface area (Å²) in [6, 6.07) is 49.6. The Kier molecular flexibility index (Phi) is 8.07. The summed E-state index contributed by atoms with van der Waals surface area (Å²) in [7, 11) is 0. The van der Waals surface area contributed by atoms with E-state index in [2.05, 4.69) is 87.3 Å². The van der Waals surface area contributed by atoms with Crippen LogP contribution >= 0.6 is 0 Å². The zero-order chi connectivity index (χ0) is 25.7. The molecule has 0 amide bonds. The van der Waals surface area contributed by atoms with Gasteiger partial charge >= 0.3 is 0 Å². The van der Waals surface area contributed by atoms with Gasteiger partial charge in [-0.2, -0.15) is 0 Å². The number of benzene rings is 4. The Hall–Kier alpha value is -4.37. The van der Waals surface area contributed by atoms with Crippen molar-refractivity contribution in [1.82, 2.24) is 14.5 Å². The summed E-state index contributed by atoms with van der Waals surface area (Å²) in [6.45, 7) is 2.01. The van der Waals surface area contributed by atoms with Gasteiger partial charge in [0, 0.05) is 42.8 Å². The van der Waals surface area contributed by atoms with E-state index in [1.807, 2.05) is 73.7 Å². The number of fused-ring (bicyclic) bond motifs is 3. The third-order valence-electron chi connectivity index (χ3n) is 6.44. The molecule has 3 heterocycles. The molecule has 39 heavy (non-hydrogen) atoms. The Morgan fingerprint density at radius 2 is 1.26 bits per heavy atom. The standard InChI is InChI=1S/C24H17N2.C11H8N.Ir/c1-17-8-6-13-22(25-17)18-9-7-10-19(16-18)26-23-14-4-2-11-20(23)21-12-3-5-15-24(21)26;1-2-6-10(7-3-1)11-8-4-5-9-12-11;/h2-8,10-16H,1H3;1-6,8-9H;/q2*-1;. The van der Waals surface area contributed by atoms with Crippen molar-refractivity contribution in [2.24, 2.45) is 0 Å². The smallest absolute Gasteiger partial charge is 0.0523 e. The number of aryl methyl sites for hydroxylation is 1. The van der Waals surface area contributed by atoms with Crippen molar-refractivity contribution in [1.29, 1.82) is 0 Å². The predicted molar refractivity (Wildman–Crippen MR) is 156 cm³/mol. The van der Waals surface area contributed by atoms with Crippen LogP contribution in [0, 0.1) is 19.1 Å². The number of rotatable bonds is 3. The predicted octanol–water partition coefficient (Wildman–Crippen LogP) is 8.50. The molecule has 3 nitrogen and oxygen atoms in total. The Morgan fingerprint density at radius 1 is 0.590 bits per heavy atom. The van der Waals surface area contributed by atoms with Gasteiger partial charge in [0.05, 0.1) is 11.0 Å². The molecule has 0 N–H and O–H groups in total. The zero-order valence-electron chi connectivity index (χ0n) is 21.4. The first-order chi connectivity index (χ1) is 18.8. The molecule has 0 atom stereocenters. The van der Waals surface area contributed by atoms with Gasteiger partial charge in [-0.3, -0.25) is 0 Å². The van der Waals surface area contributed by atoms with Gasteiger partial charge in [0.2, 0.25) is 0 Å². The van der Waals surface area contributed by atoms with E-state index in [4.69, 9.17) is 0 Å². The molecule has 0 aliphatic carbocycles. The van der Waals surface area contributed by atoms with E-state index in [0.717, 1.165) is 33.9 Å². The topological polar surface area (TPSA) is 30.7 Å². The van der Waals surface area contributed by atoms with Crippen LogP contribution in [-0.4, -0.2) is 14.5 Å². The Balaban J connectivity index is 0.000000200.